The van der Waals surface area contributed by atoms with E-state index in [0.717, 1.165) is 0 Å². The molecular weight excluding hydrogens is 404 g/mol. The number of nitrogens with zero attached hydrogens (tertiary/aromatic N) is 1. The molecule has 3 amide bonds. The average molecular weight is 428 g/mol. The van der Waals surface area contributed by atoms with Crippen LogP contribution in [0.3, 0.4) is 0 Å². The first-order valence-electron chi connectivity index (χ1n) is 9.29. The minimum Gasteiger partial charge on any atom is -0.497 e. The van der Waals surface area contributed by atoms with Gasteiger partial charge >= 0.3 is 11.8 Å². The molecule has 0 aromatic heterocycles. The third-order valence-corrected chi connectivity index (χ3v) is 3.80. The quantitative estimate of drug-likeness (QED) is 0.224. The standard InChI is InChI=1S/C21H24N4O6/c1-29-11-10-22-20(27)21(28)25-23-13-15-6-3-4-9-18(15)31-14-19(26)24-16-7-5-8-17(12-16)30-2/h3-9,12-13H,10-11,14H2,1-2H3,(H,22,27)(H,24,26)(H,25,28)/b23-13-. The number of amides is 3. The van der Waals surface area contributed by atoms with E-state index in [9.17, 15) is 14.4 Å². The molecule has 2 aromatic carbocycles. The Bertz CT molecular complexity index is 932. The Morgan fingerprint density at radius 2 is 1.84 bits per heavy atom. The minimum absolute atomic E-state index is 0.209. The number of benzene rings is 2. The van der Waals surface area contributed by atoms with Gasteiger partial charge in [-0.2, -0.15) is 5.10 Å². The van der Waals surface area contributed by atoms with Gasteiger partial charge in [0.05, 0.1) is 19.9 Å². The third kappa shape index (κ3) is 8.15. The molecule has 10 heteroatoms. The number of ether oxygens (including phenoxy) is 3. The number of nitrogens with one attached hydrogen (secondary N) is 3. The predicted octanol–water partition coefficient (Wildman–Crippen LogP) is 0.925. The highest BCUT2D eigenvalue weighted by molar-refractivity contribution is 6.35. The highest BCUT2D eigenvalue weighted by atomic mass is 16.5. The van der Waals surface area contributed by atoms with Gasteiger partial charge in [0.25, 0.3) is 5.91 Å². The Morgan fingerprint density at radius 1 is 1.03 bits per heavy atom. The van der Waals surface area contributed by atoms with Crippen molar-refractivity contribution in [1.29, 1.82) is 0 Å². The fourth-order valence-corrected chi connectivity index (χ4v) is 2.32. The van der Waals surface area contributed by atoms with Gasteiger partial charge in [0.2, 0.25) is 0 Å². The Kier molecular flexibility index (Phi) is 9.50. The largest absolute Gasteiger partial charge is 0.497 e. The Labute approximate surface area is 179 Å². The zero-order chi connectivity index (χ0) is 22.5. The van der Waals surface area contributed by atoms with Crippen LogP contribution in [0, 0.1) is 0 Å². The van der Waals surface area contributed by atoms with Crippen LogP contribution in [-0.2, 0) is 19.1 Å². The zero-order valence-electron chi connectivity index (χ0n) is 17.2. The SMILES string of the molecule is COCCNC(=O)C(=O)N/N=C\c1ccccc1OCC(=O)Nc1cccc(OC)c1. The monoisotopic (exact) mass is 428 g/mol. The number of hydrogen-bond donors (Lipinski definition) is 3. The fourth-order valence-electron chi connectivity index (χ4n) is 2.32. The summed E-state index contributed by atoms with van der Waals surface area (Å²) in [6, 6.07) is 13.8. The molecule has 0 aliphatic carbocycles. The topological polar surface area (TPSA) is 127 Å². The molecule has 10 nitrogen and oxygen atoms in total. The van der Waals surface area contributed by atoms with E-state index in [1.54, 1.807) is 55.6 Å². The van der Waals surface area contributed by atoms with Crippen molar-refractivity contribution in [3.05, 3.63) is 54.1 Å². The van der Waals surface area contributed by atoms with Crippen molar-refractivity contribution in [3.63, 3.8) is 0 Å². The molecule has 0 fully saturated rings. The van der Waals surface area contributed by atoms with E-state index in [0.29, 0.717) is 29.4 Å². The van der Waals surface area contributed by atoms with Crippen LogP contribution in [0.5, 0.6) is 11.5 Å². The summed E-state index contributed by atoms with van der Waals surface area (Å²) >= 11 is 0. The molecule has 0 radical (unpaired) electrons. The average Bonchev–Trinajstić information content (AvgIpc) is 2.78. The molecule has 0 aliphatic rings. The molecule has 2 aromatic rings. The number of rotatable bonds is 10. The molecule has 2 rings (SSSR count). The van der Waals surface area contributed by atoms with Gasteiger partial charge in [0.1, 0.15) is 11.5 Å². The smallest absolute Gasteiger partial charge is 0.329 e. The normalized spacial score (nSPS) is 10.4. The lowest BCUT2D eigenvalue weighted by atomic mass is 10.2. The minimum atomic E-state index is -0.914. The number of carbonyl (C=O) groups is 3. The lowest BCUT2D eigenvalue weighted by Gasteiger charge is -2.10. The van der Waals surface area contributed by atoms with Gasteiger partial charge < -0.3 is 24.8 Å². The Morgan fingerprint density at radius 3 is 2.61 bits per heavy atom. The van der Waals surface area contributed by atoms with Gasteiger partial charge in [-0.15, -0.1) is 0 Å². The number of methoxy groups -OCH3 is 2. The van der Waals surface area contributed by atoms with Crippen molar-refractivity contribution in [2.24, 2.45) is 5.10 Å². The zero-order valence-corrected chi connectivity index (χ0v) is 17.2. The third-order valence-electron chi connectivity index (χ3n) is 3.80. The summed E-state index contributed by atoms with van der Waals surface area (Å²) < 4.78 is 15.5. The van der Waals surface area contributed by atoms with Crippen molar-refractivity contribution < 1.29 is 28.6 Å². The molecule has 164 valence electrons. The van der Waals surface area contributed by atoms with Gasteiger partial charge in [0.15, 0.2) is 6.61 Å². The molecule has 0 saturated heterocycles. The van der Waals surface area contributed by atoms with Gasteiger partial charge in [-0.3, -0.25) is 14.4 Å². The second-order valence-corrected chi connectivity index (χ2v) is 6.05. The summed E-state index contributed by atoms with van der Waals surface area (Å²) in [5.41, 5.74) is 3.21. The van der Waals surface area contributed by atoms with E-state index < -0.39 is 11.8 Å². The second-order valence-electron chi connectivity index (χ2n) is 6.05. The fraction of sp³-hybridized carbons (Fsp3) is 0.238. The lowest BCUT2D eigenvalue weighted by molar-refractivity contribution is -0.139. The van der Waals surface area contributed by atoms with Crippen molar-refractivity contribution in [3.8, 4) is 11.5 Å². The predicted molar refractivity (Wildman–Crippen MR) is 114 cm³/mol. The van der Waals surface area contributed by atoms with Crippen LogP contribution in [0.25, 0.3) is 0 Å². The van der Waals surface area contributed by atoms with Gasteiger partial charge in [-0.1, -0.05) is 18.2 Å². The maximum absolute atomic E-state index is 12.2. The van der Waals surface area contributed by atoms with Crippen molar-refractivity contribution in [2.45, 2.75) is 0 Å². The molecule has 31 heavy (non-hydrogen) atoms. The van der Waals surface area contributed by atoms with Crippen molar-refractivity contribution in [1.82, 2.24) is 10.7 Å². The molecule has 0 aliphatic heterocycles. The van der Waals surface area contributed by atoms with Crippen LogP contribution >= 0.6 is 0 Å². The van der Waals surface area contributed by atoms with Crippen LogP contribution in [0.1, 0.15) is 5.56 Å². The molecule has 0 heterocycles. The van der Waals surface area contributed by atoms with E-state index in [1.165, 1.54) is 13.3 Å². The van der Waals surface area contributed by atoms with E-state index in [1.807, 2.05) is 0 Å². The molecule has 0 unspecified atom stereocenters. The Balaban J connectivity index is 1.88. The summed E-state index contributed by atoms with van der Waals surface area (Å²) in [6.07, 6.45) is 1.32. The number of carbonyl (C=O) groups excluding carboxylic acids is 3. The summed E-state index contributed by atoms with van der Waals surface area (Å²) in [7, 11) is 3.03. The highest BCUT2D eigenvalue weighted by Crippen LogP contribution is 2.18. The molecule has 0 spiro atoms. The van der Waals surface area contributed by atoms with Crippen LogP contribution in [0.15, 0.2) is 53.6 Å². The first kappa shape index (κ1) is 23.4. The number of anilines is 1. The lowest BCUT2D eigenvalue weighted by Crippen LogP contribution is -2.39. The van der Waals surface area contributed by atoms with E-state index >= 15 is 0 Å². The van der Waals surface area contributed by atoms with Crippen LogP contribution in [0.2, 0.25) is 0 Å². The summed E-state index contributed by atoms with van der Waals surface area (Å²) in [4.78, 5) is 35.4. The Hall–Kier alpha value is -3.92. The molecule has 0 atom stereocenters. The van der Waals surface area contributed by atoms with Crippen LogP contribution in [-0.4, -0.2) is 57.9 Å². The maximum Gasteiger partial charge on any atom is 0.329 e. The van der Waals surface area contributed by atoms with Crippen LogP contribution < -0.4 is 25.5 Å². The van der Waals surface area contributed by atoms with E-state index in [2.05, 4.69) is 21.2 Å². The molecule has 0 saturated carbocycles. The molecule has 0 bridgehead atoms. The summed E-state index contributed by atoms with van der Waals surface area (Å²) in [6.45, 7) is 0.260. The maximum atomic E-state index is 12.2. The summed E-state index contributed by atoms with van der Waals surface area (Å²) in [5, 5.41) is 8.84. The number of hydrazone groups is 1. The van der Waals surface area contributed by atoms with Gasteiger partial charge in [-0.25, -0.2) is 5.43 Å². The van der Waals surface area contributed by atoms with E-state index in [-0.39, 0.29) is 19.1 Å². The van der Waals surface area contributed by atoms with Crippen molar-refractivity contribution >= 4 is 29.6 Å². The van der Waals surface area contributed by atoms with E-state index in [4.69, 9.17) is 14.2 Å². The first-order chi connectivity index (χ1) is 15.0. The first-order valence-corrected chi connectivity index (χ1v) is 9.29. The number of hydrogen-bond acceptors (Lipinski definition) is 7. The number of para-hydroxylation sites is 1. The summed E-state index contributed by atoms with van der Waals surface area (Å²) in [5.74, 6) is -1.10. The van der Waals surface area contributed by atoms with Gasteiger partial charge in [-0.05, 0) is 24.3 Å². The van der Waals surface area contributed by atoms with Gasteiger partial charge in [0, 0.05) is 31.0 Å². The second kappa shape index (κ2) is 12.6. The van der Waals surface area contributed by atoms with Crippen LogP contribution in [0.4, 0.5) is 5.69 Å². The highest BCUT2D eigenvalue weighted by Gasteiger charge is 2.11. The van der Waals surface area contributed by atoms with Crippen molar-refractivity contribution in [2.75, 3.05) is 39.3 Å². The molecule has 3 N–H and O–H groups in total. The molecular formula is C21H24N4O6.